The topological polar surface area (TPSA) is 58.7 Å². The molecule has 0 N–H and O–H groups in total. The maximum Gasteiger partial charge on any atom is 0.255 e. The summed E-state index contributed by atoms with van der Waals surface area (Å²) in [5.41, 5.74) is 0. The molecular formula is C8H14N4O. The molecule has 0 rings (SSSR count). The highest BCUT2D eigenvalue weighted by molar-refractivity contribution is 5.31. The van der Waals surface area contributed by atoms with Gasteiger partial charge in [0.05, 0.1) is 0 Å². The van der Waals surface area contributed by atoms with E-state index < -0.39 is 11.7 Å². The summed E-state index contributed by atoms with van der Waals surface area (Å²) in [4.78, 5) is 14.6. The van der Waals surface area contributed by atoms with E-state index in [4.69, 9.17) is 4.74 Å². The lowest BCUT2D eigenvalue weighted by atomic mass is 10.4. The average Bonchev–Trinajstić information content (AvgIpc) is 2.17. The van der Waals surface area contributed by atoms with E-state index >= 15 is 0 Å². The van der Waals surface area contributed by atoms with E-state index in [1.807, 2.05) is 0 Å². The SMILES string of the molecule is C=NC(C)(N=C)OC(C)(N=C)N=C. The predicted octanol–water partition coefficient (Wildman–Crippen LogP) is 1.15. The van der Waals surface area contributed by atoms with Crippen LogP contribution in [0.25, 0.3) is 0 Å². The number of nitrogens with zero attached hydrogens (tertiary/aromatic N) is 4. The van der Waals surface area contributed by atoms with Crippen LogP contribution in [0.5, 0.6) is 0 Å². The fourth-order valence-electron chi connectivity index (χ4n) is 0.595. The van der Waals surface area contributed by atoms with Crippen molar-refractivity contribution in [3.63, 3.8) is 0 Å². The maximum absolute atomic E-state index is 5.31. The van der Waals surface area contributed by atoms with Gasteiger partial charge >= 0.3 is 0 Å². The highest BCUT2D eigenvalue weighted by Gasteiger charge is 2.32. The number of aliphatic imine (C=N–C) groups is 4. The second-order valence-corrected chi connectivity index (χ2v) is 2.60. The Morgan fingerprint density at radius 3 is 1.15 bits per heavy atom. The zero-order chi connectivity index (χ0) is 10.5. The highest BCUT2D eigenvalue weighted by atomic mass is 16.6. The van der Waals surface area contributed by atoms with Crippen molar-refractivity contribution < 1.29 is 4.74 Å². The summed E-state index contributed by atoms with van der Waals surface area (Å²) in [7, 11) is 0. The van der Waals surface area contributed by atoms with Gasteiger partial charge in [-0.1, -0.05) is 0 Å². The van der Waals surface area contributed by atoms with Gasteiger partial charge in [0.2, 0.25) is 0 Å². The number of rotatable bonds is 6. The van der Waals surface area contributed by atoms with Crippen molar-refractivity contribution >= 4 is 26.9 Å². The smallest absolute Gasteiger partial charge is 0.255 e. The van der Waals surface area contributed by atoms with Crippen LogP contribution in [0, 0.1) is 0 Å². The molecule has 0 bridgehead atoms. The van der Waals surface area contributed by atoms with Gasteiger partial charge in [0.15, 0.2) is 0 Å². The Bertz CT molecular complexity index is 196. The minimum Gasteiger partial charge on any atom is -0.287 e. The third-order valence-electron chi connectivity index (χ3n) is 1.56. The Kier molecular flexibility index (Phi) is 3.62. The van der Waals surface area contributed by atoms with Crippen LogP contribution < -0.4 is 0 Å². The van der Waals surface area contributed by atoms with Crippen LogP contribution >= 0.6 is 0 Å². The normalized spacial score (nSPS) is 11.8. The van der Waals surface area contributed by atoms with Crippen LogP contribution in [-0.4, -0.2) is 38.6 Å². The zero-order valence-electron chi connectivity index (χ0n) is 8.03. The average molecular weight is 182 g/mol. The summed E-state index contributed by atoms with van der Waals surface area (Å²) in [6.45, 7) is 16.5. The molecule has 72 valence electrons. The standard InChI is InChI=1S/C8H14N4O/c1-7(9-3,10-4)13-8(2,11-5)12-6/h3-6H2,1-2H3. The quantitative estimate of drug-likeness (QED) is 0.568. The molecule has 0 aromatic rings. The molecule has 0 atom stereocenters. The van der Waals surface area contributed by atoms with Crippen LogP contribution in [0.4, 0.5) is 0 Å². The highest BCUT2D eigenvalue weighted by Crippen LogP contribution is 2.24. The first kappa shape index (κ1) is 11.6. The molecule has 0 saturated carbocycles. The van der Waals surface area contributed by atoms with Crippen molar-refractivity contribution in [2.75, 3.05) is 0 Å². The first-order valence-corrected chi connectivity index (χ1v) is 3.57. The van der Waals surface area contributed by atoms with Crippen molar-refractivity contribution in [1.82, 2.24) is 0 Å². The van der Waals surface area contributed by atoms with Crippen LogP contribution in [0.3, 0.4) is 0 Å². The van der Waals surface area contributed by atoms with Gasteiger partial charge in [-0.3, -0.25) is 4.74 Å². The number of hydrogen-bond acceptors (Lipinski definition) is 5. The molecule has 0 aromatic carbocycles. The van der Waals surface area contributed by atoms with E-state index in [0.29, 0.717) is 0 Å². The van der Waals surface area contributed by atoms with Crippen molar-refractivity contribution in [1.29, 1.82) is 0 Å². The molecule has 0 saturated heterocycles. The number of hydrogen-bond donors (Lipinski definition) is 0. The summed E-state index contributed by atoms with van der Waals surface area (Å²) in [5, 5.41) is 0. The molecule has 0 spiro atoms. The van der Waals surface area contributed by atoms with Gasteiger partial charge in [-0.2, -0.15) is 0 Å². The van der Waals surface area contributed by atoms with Gasteiger partial charge in [-0.15, -0.1) is 0 Å². The van der Waals surface area contributed by atoms with Gasteiger partial charge in [-0.25, -0.2) is 20.0 Å². The fraction of sp³-hybridized carbons (Fsp3) is 0.500. The Hall–Kier alpha value is -1.36. The van der Waals surface area contributed by atoms with E-state index in [-0.39, 0.29) is 0 Å². The van der Waals surface area contributed by atoms with Gasteiger partial charge in [0.25, 0.3) is 11.7 Å². The van der Waals surface area contributed by atoms with E-state index in [9.17, 15) is 0 Å². The summed E-state index contributed by atoms with van der Waals surface area (Å²) in [5.74, 6) is -2.34. The van der Waals surface area contributed by atoms with Gasteiger partial charge in [0, 0.05) is 13.8 Å². The number of ether oxygens (including phenoxy) is 1. The summed E-state index contributed by atoms with van der Waals surface area (Å²) in [6, 6.07) is 0. The first-order chi connectivity index (χ1) is 5.95. The molecule has 0 aliphatic heterocycles. The van der Waals surface area contributed by atoms with Crippen molar-refractivity contribution in [3.05, 3.63) is 0 Å². The first-order valence-electron chi connectivity index (χ1n) is 3.57. The molecule has 0 aliphatic rings. The second kappa shape index (κ2) is 4.04. The van der Waals surface area contributed by atoms with E-state index in [1.165, 1.54) is 0 Å². The Morgan fingerprint density at radius 1 is 0.769 bits per heavy atom. The van der Waals surface area contributed by atoms with Crippen molar-refractivity contribution in [2.45, 2.75) is 25.5 Å². The predicted molar refractivity (Wildman–Crippen MR) is 56.1 cm³/mol. The van der Waals surface area contributed by atoms with Crippen molar-refractivity contribution in [3.8, 4) is 0 Å². The minimum atomic E-state index is -1.17. The third-order valence-corrected chi connectivity index (χ3v) is 1.56. The lowest BCUT2D eigenvalue weighted by Gasteiger charge is -2.28. The molecule has 0 aliphatic carbocycles. The Morgan fingerprint density at radius 2 is 1.00 bits per heavy atom. The Balaban J connectivity index is 4.74. The summed E-state index contributed by atoms with van der Waals surface area (Å²) < 4.78 is 5.31. The molecular weight excluding hydrogens is 168 g/mol. The fourth-order valence-corrected chi connectivity index (χ4v) is 0.595. The maximum atomic E-state index is 5.31. The lowest BCUT2D eigenvalue weighted by molar-refractivity contribution is -0.121. The molecule has 0 radical (unpaired) electrons. The molecule has 5 heteroatoms. The third kappa shape index (κ3) is 2.87. The summed E-state index contributed by atoms with van der Waals surface area (Å²) >= 11 is 0. The van der Waals surface area contributed by atoms with E-state index in [2.05, 4.69) is 46.8 Å². The molecule has 0 amide bonds. The van der Waals surface area contributed by atoms with Crippen molar-refractivity contribution in [2.24, 2.45) is 20.0 Å². The second-order valence-electron chi connectivity index (χ2n) is 2.60. The van der Waals surface area contributed by atoms with Crippen LogP contribution in [0.1, 0.15) is 13.8 Å². The van der Waals surface area contributed by atoms with Crippen LogP contribution in [0.2, 0.25) is 0 Å². The van der Waals surface area contributed by atoms with Gasteiger partial charge in [0.1, 0.15) is 0 Å². The van der Waals surface area contributed by atoms with Crippen LogP contribution in [-0.2, 0) is 4.74 Å². The lowest BCUT2D eigenvalue weighted by Crippen LogP contribution is -2.35. The largest absolute Gasteiger partial charge is 0.287 e. The zero-order valence-corrected chi connectivity index (χ0v) is 8.03. The molecule has 0 heterocycles. The van der Waals surface area contributed by atoms with Gasteiger partial charge in [-0.05, 0) is 26.9 Å². The van der Waals surface area contributed by atoms with Crippen LogP contribution in [0.15, 0.2) is 20.0 Å². The van der Waals surface area contributed by atoms with E-state index in [1.54, 1.807) is 13.8 Å². The summed E-state index contributed by atoms with van der Waals surface area (Å²) in [6.07, 6.45) is 0. The molecule has 0 fully saturated rings. The van der Waals surface area contributed by atoms with Gasteiger partial charge < -0.3 is 0 Å². The minimum absolute atomic E-state index is 1.17. The Labute approximate surface area is 78.0 Å². The van der Waals surface area contributed by atoms with E-state index in [0.717, 1.165) is 0 Å². The monoisotopic (exact) mass is 182 g/mol. The molecule has 0 aromatic heterocycles. The molecule has 5 nitrogen and oxygen atoms in total. The molecule has 13 heavy (non-hydrogen) atoms. The molecule has 0 unspecified atom stereocenters.